The molecule has 62 heavy (non-hydrogen) atoms. The number of hydrogen-bond donors (Lipinski definition) is 0. The first-order valence-electron chi connectivity index (χ1n) is 19.9. The molecule has 6 heteroatoms. The Morgan fingerprint density at radius 2 is 0.258 bits per heavy atom. The van der Waals surface area contributed by atoms with Gasteiger partial charge in [-0.3, -0.25) is 13.6 Å². The zero-order chi connectivity index (χ0) is 42.7. The van der Waals surface area contributed by atoms with Crippen LogP contribution in [0.1, 0.15) is 0 Å². The second-order valence-electron chi connectivity index (χ2n) is 13.4. The summed E-state index contributed by atoms with van der Waals surface area (Å²) in [5.41, 5.74) is 0. The van der Waals surface area contributed by atoms with E-state index in [1.807, 2.05) is 0 Å². The summed E-state index contributed by atoms with van der Waals surface area (Å²) in [6.07, 6.45) is 0. The summed E-state index contributed by atoms with van der Waals surface area (Å²) in [4.78, 5) is 15.5. The molecule has 0 aromatic heterocycles. The Morgan fingerprint density at radius 1 is 0.177 bits per heavy atom. The fourth-order valence-corrected chi connectivity index (χ4v) is 14.7. The number of benzene rings is 9. The first-order valence-corrected chi connectivity index (χ1v) is 24.4. The normalized spacial score (nSPS) is 9.85. The maximum Gasteiger partial charge on any atom is 2.00 e. The van der Waals surface area contributed by atoms with Crippen LogP contribution in [-0.4, -0.2) is 13.6 Å². The number of carbonyl (C=O) groups excluding carboxylic acids is 2. The second kappa shape index (κ2) is 28.7. The van der Waals surface area contributed by atoms with Crippen molar-refractivity contribution >= 4 is 85.1 Å². The van der Waals surface area contributed by atoms with Crippen molar-refractivity contribution < 1.29 is 29.1 Å². The van der Waals surface area contributed by atoms with Gasteiger partial charge in [-0.25, -0.2) is 0 Å². The Labute approximate surface area is 384 Å². The molecule has 0 aliphatic heterocycles. The monoisotopic (exact) mass is 950 g/mol. The first-order chi connectivity index (χ1) is 30.3. The van der Waals surface area contributed by atoms with E-state index in [9.17, 15) is 0 Å². The summed E-state index contributed by atoms with van der Waals surface area (Å²) in [6.45, 7) is 6.50. The first kappa shape index (κ1) is 48.9. The van der Waals surface area contributed by atoms with Gasteiger partial charge in [-0.2, -0.15) is 0 Å². The van der Waals surface area contributed by atoms with E-state index in [1.54, 1.807) is 0 Å². The molecule has 9 aromatic carbocycles. The van der Waals surface area contributed by atoms with Crippen LogP contribution in [0, 0.1) is 0 Å². The van der Waals surface area contributed by atoms with Crippen LogP contribution in [0.5, 0.6) is 0 Å². The fraction of sp³-hybridized carbons (Fsp3) is 0. The van der Waals surface area contributed by atoms with Crippen molar-refractivity contribution in [1.29, 1.82) is 0 Å². The third-order valence-electron chi connectivity index (χ3n) is 9.56. The summed E-state index contributed by atoms with van der Waals surface area (Å²) in [7, 11) is -2.63. The molecule has 0 saturated carbocycles. The van der Waals surface area contributed by atoms with E-state index in [0.29, 0.717) is 0 Å². The molecule has 0 N–H and O–H groups in total. The van der Waals surface area contributed by atoms with Gasteiger partial charge in [-0.1, -0.05) is 164 Å². The Kier molecular flexibility index (Phi) is 22.6. The Hall–Kier alpha value is -5.77. The molecule has 0 aliphatic carbocycles. The molecule has 0 aliphatic rings. The summed E-state index contributed by atoms with van der Waals surface area (Å²) >= 11 is 0. The van der Waals surface area contributed by atoms with Gasteiger partial charge < -0.3 is 9.59 Å². The summed E-state index contributed by atoms with van der Waals surface area (Å²) < 4.78 is 0. The third kappa shape index (κ3) is 14.7. The molecule has 0 unspecified atom stereocenters. The van der Waals surface area contributed by atoms with Crippen molar-refractivity contribution in [3.8, 4) is 0 Å². The zero-order valence-corrected chi connectivity index (χ0v) is 38.9. The largest absolute Gasteiger partial charge is 2.00 e. The molecule has 0 fully saturated rings. The van der Waals surface area contributed by atoms with Gasteiger partial charge in [0.2, 0.25) is 0 Å². The zero-order valence-electron chi connectivity index (χ0n) is 34.3. The Balaban J connectivity index is 0.000000195. The minimum atomic E-state index is -0.877. The average Bonchev–Trinajstić information content (AvgIpc) is 3.37. The van der Waals surface area contributed by atoms with Crippen LogP contribution in [0.3, 0.4) is 0 Å². The second-order valence-corrected chi connectivity index (χ2v) is 20.9. The molecule has 307 valence electrons. The van der Waals surface area contributed by atoms with Gasteiger partial charge in [0.25, 0.3) is 0 Å². The Bertz CT molecular complexity index is 1910. The SMILES string of the molecule is [CH-]=O.[CH-]=O.[Rh+2].c1ccc([PH+](c2ccccc2)c2ccccc2)cc1.c1ccc([PH+](c2ccccc2)c2ccccc2)cc1.c1ccc([PH+](c2ccccc2)c2ccccc2)cc1. The van der Waals surface area contributed by atoms with E-state index >= 15 is 0 Å². The third-order valence-corrected chi connectivity index (χ3v) is 17.8. The van der Waals surface area contributed by atoms with E-state index in [1.165, 1.54) is 47.7 Å². The van der Waals surface area contributed by atoms with Gasteiger partial charge in [0.05, 0.1) is 23.8 Å². The van der Waals surface area contributed by atoms with Gasteiger partial charge >= 0.3 is 19.5 Å². The van der Waals surface area contributed by atoms with E-state index in [4.69, 9.17) is 9.59 Å². The molecule has 9 rings (SSSR count). The van der Waals surface area contributed by atoms with E-state index in [0.717, 1.165) is 0 Å². The molecule has 1 radical (unpaired) electrons. The van der Waals surface area contributed by atoms with Gasteiger partial charge in [0.15, 0.2) is 0 Å². The van der Waals surface area contributed by atoms with Crippen LogP contribution >= 0.6 is 23.8 Å². The molecule has 0 amide bonds. The van der Waals surface area contributed by atoms with Crippen molar-refractivity contribution in [2.24, 2.45) is 0 Å². The minimum Gasteiger partial charge on any atom is -0.545 e. The predicted octanol–water partition coefficient (Wildman–Crippen LogP) is 8.98. The van der Waals surface area contributed by atoms with Crippen molar-refractivity contribution in [2.45, 2.75) is 0 Å². The maximum atomic E-state index is 7.75. The molecule has 0 saturated heterocycles. The van der Waals surface area contributed by atoms with Crippen molar-refractivity contribution in [3.05, 3.63) is 273 Å². The van der Waals surface area contributed by atoms with Crippen LogP contribution in [0.25, 0.3) is 0 Å². The van der Waals surface area contributed by atoms with Crippen molar-refractivity contribution in [2.75, 3.05) is 0 Å². The molecule has 0 spiro atoms. The van der Waals surface area contributed by atoms with E-state index in [2.05, 4.69) is 287 Å². The molecule has 0 bridgehead atoms. The number of hydrogen-bond acceptors (Lipinski definition) is 2. The van der Waals surface area contributed by atoms with Gasteiger partial charge in [0, 0.05) is 0 Å². The van der Waals surface area contributed by atoms with E-state index in [-0.39, 0.29) is 19.5 Å². The molecule has 0 heterocycles. The fourth-order valence-electron chi connectivity index (χ4n) is 6.94. The summed E-state index contributed by atoms with van der Waals surface area (Å²) in [5.74, 6) is 0. The van der Waals surface area contributed by atoms with Gasteiger partial charge in [-0.15, -0.1) is 0 Å². The average molecular weight is 951 g/mol. The van der Waals surface area contributed by atoms with Crippen molar-refractivity contribution in [3.63, 3.8) is 0 Å². The van der Waals surface area contributed by atoms with Gasteiger partial charge in [0.1, 0.15) is 47.7 Å². The van der Waals surface area contributed by atoms with Crippen LogP contribution < -0.4 is 47.7 Å². The maximum absolute atomic E-state index is 7.75. The smallest absolute Gasteiger partial charge is 0.545 e. The van der Waals surface area contributed by atoms with E-state index < -0.39 is 23.8 Å². The summed E-state index contributed by atoms with van der Waals surface area (Å²) in [5, 5.41) is 12.9. The summed E-state index contributed by atoms with van der Waals surface area (Å²) in [6, 6.07) is 97.5. The number of rotatable bonds is 9. The van der Waals surface area contributed by atoms with Crippen LogP contribution in [0.15, 0.2) is 273 Å². The Morgan fingerprint density at radius 3 is 0.339 bits per heavy atom. The molecular weight excluding hydrogens is 900 g/mol. The predicted molar refractivity (Wildman–Crippen MR) is 273 cm³/mol. The molecule has 0 atom stereocenters. The quantitative estimate of drug-likeness (QED) is 0.0628. The standard InChI is InChI=1S/3C18H15P.2CHO.Rh/c3*1-4-10-16(11-5-1)19(17-12-6-2-7-13-17)18-14-8-3-9-15-18;2*1-2;/h3*1-15H;2*1H;/q;;;2*-1;+2/p+3. The van der Waals surface area contributed by atoms with Gasteiger partial charge in [-0.05, 0) is 109 Å². The van der Waals surface area contributed by atoms with Crippen LogP contribution in [0.2, 0.25) is 0 Å². The van der Waals surface area contributed by atoms with Crippen LogP contribution in [0.4, 0.5) is 0 Å². The topological polar surface area (TPSA) is 34.1 Å². The molecule has 2 nitrogen and oxygen atoms in total. The van der Waals surface area contributed by atoms with Crippen molar-refractivity contribution in [1.82, 2.24) is 0 Å². The van der Waals surface area contributed by atoms with Crippen LogP contribution in [-0.2, 0) is 29.1 Å². The molecule has 9 aromatic rings. The minimum absolute atomic E-state index is 0. The molecular formula is C56H50O2P3Rh+3.